The minimum atomic E-state index is 0.0280. The monoisotopic (exact) mass is 199 g/mol. The highest BCUT2D eigenvalue weighted by Crippen LogP contribution is 2.23. The van der Waals surface area contributed by atoms with Crippen LogP contribution in [-0.4, -0.2) is 18.7 Å². The predicted molar refractivity (Wildman–Crippen MR) is 56.3 cm³/mol. The van der Waals surface area contributed by atoms with Crippen LogP contribution in [0.5, 0.6) is 0 Å². The Balaban J connectivity index is 3.05. The molecule has 0 atom stereocenters. The van der Waals surface area contributed by atoms with Crippen molar-refractivity contribution in [2.75, 3.05) is 18.5 Å². The largest absolute Gasteiger partial charge is 0.392 e. The maximum Gasteiger partial charge on any atom is 0.0702 e. The number of hydrogen-bond donors (Lipinski definition) is 1. The standard InChI is InChI=1S/C10H14ClNO/c1-3-12(2)10-5-4-9(11)6-8(10)7-13/h4-6,13H,3,7H2,1-2H3. The van der Waals surface area contributed by atoms with E-state index < -0.39 is 0 Å². The molecule has 72 valence electrons. The van der Waals surface area contributed by atoms with Crippen molar-refractivity contribution in [3.05, 3.63) is 28.8 Å². The first-order chi connectivity index (χ1) is 6.19. The van der Waals surface area contributed by atoms with Gasteiger partial charge in [0.1, 0.15) is 0 Å². The van der Waals surface area contributed by atoms with Crippen LogP contribution in [0.25, 0.3) is 0 Å². The lowest BCUT2D eigenvalue weighted by Crippen LogP contribution is -2.17. The molecule has 0 radical (unpaired) electrons. The number of hydrogen-bond acceptors (Lipinski definition) is 2. The molecular weight excluding hydrogens is 186 g/mol. The molecule has 0 aliphatic heterocycles. The topological polar surface area (TPSA) is 23.5 Å². The fraction of sp³-hybridized carbons (Fsp3) is 0.400. The smallest absolute Gasteiger partial charge is 0.0702 e. The average molecular weight is 200 g/mol. The molecule has 0 saturated heterocycles. The predicted octanol–water partition coefficient (Wildman–Crippen LogP) is 2.29. The first-order valence-electron chi connectivity index (χ1n) is 4.29. The van der Waals surface area contributed by atoms with Gasteiger partial charge in [0, 0.05) is 29.9 Å². The molecule has 0 saturated carbocycles. The van der Waals surface area contributed by atoms with E-state index in [4.69, 9.17) is 16.7 Å². The maximum atomic E-state index is 9.10. The second-order valence-electron chi connectivity index (χ2n) is 2.95. The lowest BCUT2D eigenvalue weighted by Gasteiger charge is -2.19. The number of nitrogens with zero attached hydrogens (tertiary/aromatic N) is 1. The van der Waals surface area contributed by atoms with E-state index in [2.05, 4.69) is 11.8 Å². The van der Waals surface area contributed by atoms with Gasteiger partial charge in [-0.25, -0.2) is 0 Å². The molecule has 1 aromatic carbocycles. The molecule has 3 heteroatoms. The summed E-state index contributed by atoms with van der Waals surface area (Å²) in [5, 5.41) is 9.77. The zero-order valence-corrected chi connectivity index (χ0v) is 8.67. The molecule has 0 heterocycles. The van der Waals surface area contributed by atoms with Gasteiger partial charge >= 0.3 is 0 Å². The van der Waals surface area contributed by atoms with E-state index in [0.717, 1.165) is 17.8 Å². The fourth-order valence-corrected chi connectivity index (χ4v) is 1.42. The van der Waals surface area contributed by atoms with Crippen molar-refractivity contribution < 1.29 is 5.11 Å². The molecule has 1 rings (SSSR count). The number of anilines is 1. The minimum Gasteiger partial charge on any atom is -0.392 e. The second-order valence-corrected chi connectivity index (χ2v) is 3.38. The minimum absolute atomic E-state index is 0.0280. The Morgan fingerprint density at radius 3 is 2.69 bits per heavy atom. The summed E-state index contributed by atoms with van der Waals surface area (Å²) in [5.41, 5.74) is 1.91. The Morgan fingerprint density at radius 1 is 1.46 bits per heavy atom. The number of halogens is 1. The van der Waals surface area contributed by atoms with E-state index >= 15 is 0 Å². The Morgan fingerprint density at radius 2 is 2.15 bits per heavy atom. The number of benzene rings is 1. The molecule has 0 bridgehead atoms. The van der Waals surface area contributed by atoms with Gasteiger partial charge in [-0.1, -0.05) is 11.6 Å². The van der Waals surface area contributed by atoms with Gasteiger partial charge in [0.05, 0.1) is 6.61 Å². The molecule has 0 aromatic heterocycles. The zero-order chi connectivity index (χ0) is 9.84. The number of aliphatic hydroxyl groups excluding tert-OH is 1. The van der Waals surface area contributed by atoms with Crippen LogP contribution in [0.2, 0.25) is 5.02 Å². The molecule has 13 heavy (non-hydrogen) atoms. The quantitative estimate of drug-likeness (QED) is 0.808. The van der Waals surface area contributed by atoms with Gasteiger partial charge in [0.25, 0.3) is 0 Å². The normalized spacial score (nSPS) is 10.2. The molecule has 0 fully saturated rings. The summed E-state index contributed by atoms with van der Waals surface area (Å²) in [6.07, 6.45) is 0. The summed E-state index contributed by atoms with van der Waals surface area (Å²) in [6, 6.07) is 5.56. The van der Waals surface area contributed by atoms with Gasteiger partial charge in [-0.2, -0.15) is 0 Å². The molecule has 0 spiro atoms. The van der Waals surface area contributed by atoms with Crippen molar-refractivity contribution in [1.82, 2.24) is 0 Å². The van der Waals surface area contributed by atoms with Crippen LogP contribution in [0, 0.1) is 0 Å². The molecule has 1 aromatic rings. The van der Waals surface area contributed by atoms with Crippen LogP contribution in [0.3, 0.4) is 0 Å². The highest BCUT2D eigenvalue weighted by Gasteiger charge is 2.05. The van der Waals surface area contributed by atoms with E-state index in [0.29, 0.717) is 5.02 Å². The molecular formula is C10H14ClNO. The molecule has 1 N–H and O–H groups in total. The SMILES string of the molecule is CCN(C)c1ccc(Cl)cc1CO. The van der Waals surface area contributed by atoms with Crippen molar-refractivity contribution in [2.24, 2.45) is 0 Å². The summed E-state index contributed by atoms with van der Waals surface area (Å²) in [4.78, 5) is 2.07. The van der Waals surface area contributed by atoms with Gasteiger partial charge < -0.3 is 10.0 Å². The Labute approximate surface area is 83.7 Å². The Bertz CT molecular complexity index is 288. The van der Waals surface area contributed by atoms with Crippen molar-refractivity contribution in [3.8, 4) is 0 Å². The molecule has 2 nitrogen and oxygen atoms in total. The Kier molecular flexibility index (Phi) is 3.58. The molecule has 0 unspecified atom stereocenters. The van der Waals surface area contributed by atoms with Gasteiger partial charge in [-0.15, -0.1) is 0 Å². The van der Waals surface area contributed by atoms with Crippen molar-refractivity contribution >= 4 is 17.3 Å². The highest BCUT2D eigenvalue weighted by molar-refractivity contribution is 6.30. The highest BCUT2D eigenvalue weighted by atomic mass is 35.5. The third-order valence-electron chi connectivity index (χ3n) is 2.10. The van der Waals surface area contributed by atoms with Crippen molar-refractivity contribution in [3.63, 3.8) is 0 Å². The van der Waals surface area contributed by atoms with Gasteiger partial charge in [-0.3, -0.25) is 0 Å². The van der Waals surface area contributed by atoms with Crippen LogP contribution in [-0.2, 0) is 6.61 Å². The maximum absolute atomic E-state index is 9.10. The summed E-state index contributed by atoms with van der Waals surface area (Å²) in [5.74, 6) is 0. The lowest BCUT2D eigenvalue weighted by molar-refractivity contribution is 0.282. The van der Waals surface area contributed by atoms with Crippen LogP contribution < -0.4 is 4.90 Å². The number of rotatable bonds is 3. The zero-order valence-electron chi connectivity index (χ0n) is 7.92. The van der Waals surface area contributed by atoms with Crippen LogP contribution >= 0.6 is 11.6 Å². The summed E-state index contributed by atoms with van der Waals surface area (Å²) in [6.45, 7) is 3.00. The third-order valence-corrected chi connectivity index (χ3v) is 2.33. The van der Waals surface area contributed by atoms with Crippen molar-refractivity contribution in [2.45, 2.75) is 13.5 Å². The van der Waals surface area contributed by atoms with Crippen LogP contribution in [0.15, 0.2) is 18.2 Å². The molecule has 0 aliphatic rings. The third kappa shape index (κ3) is 2.36. The first-order valence-corrected chi connectivity index (χ1v) is 4.67. The van der Waals surface area contributed by atoms with E-state index in [-0.39, 0.29) is 6.61 Å². The van der Waals surface area contributed by atoms with Crippen LogP contribution in [0.1, 0.15) is 12.5 Å². The van der Waals surface area contributed by atoms with E-state index in [9.17, 15) is 0 Å². The summed E-state index contributed by atoms with van der Waals surface area (Å²) in [7, 11) is 1.99. The summed E-state index contributed by atoms with van der Waals surface area (Å²) < 4.78 is 0. The second kappa shape index (κ2) is 4.49. The average Bonchev–Trinajstić information content (AvgIpc) is 2.16. The van der Waals surface area contributed by atoms with Gasteiger partial charge in [0.2, 0.25) is 0 Å². The molecule has 0 aliphatic carbocycles. The van der Waals surface area contributed by atoms with E-state index in [1.165, 1.54) is 0 Å². The van der Waals surface area contributed by atoms with E-state index in [1.807, 2.05) is 19.2 Å². The van der Waals surface area contributed by atoms with Gasteiger partial charge in [0.15, 0.2) is 0 Å². The lowest BCUT2D eigenvalue weighted by atomic mass is 10.1. The first kappa shape index (κ1) is 10.4. The molecule has 0 amide bonds. The Hall–Kier alpha value is -0.730. The summed E-state index contributed by atoms with van der Waals surface area (Å²) >= 11 is 5.81. The van der Waals surface area contributed by atoms with Crippen LogP contribution in [0.4, 0.5) is 5.69 Å². The fourth-order valence-electron chi connectivity index (χ4n) is 1.22. The van der Waals surface area contributed by atoms with E-state index in [1.54, 1.807) is 6.07 Å². The van der Waals surface area contributed by atoms with Gasteiger partial charge in [-0.05, 0) is 25.1 Å². The number of aliphatic hydroxyl groups is 1. The van der Waals surface area contributed by atoms with Crippen molar-refractivity contribution in [1.29, 1.82) is 0 Å².